The van der Waals surface area contributed by atoms with Gasteiger partial charge >= 0.3 is 59.8 Å². The fraction of sp³-hybridized carbons (Fsp3) is 0.900. The Labute approximate surface area is 381 Å². The number of hydrogen-bond donors (Lipinski definition) is 2. The molecule has 0 radical (unpaired) electrons. The average Bonchev–Trinajstić information content (AvgIpc) is 3.09. The summed E-state index contributed by atoms with van der Waals surface area (Å²) < 4.78 is 255. The van der Waals surface area contributed by atoms with Gasteiger partial charge in [0.1, 0.15) is 22.7 Å². The van der Waals surface area contributed by atoms with Crippen molar-refractivity contribution in [3.05, 3.63) is 0 Å². The summed E-state index contributed by atoms with van der Waals surface area (Å²) in [5, 5.41) is 0. The Bertz CT molecular complexity index is 2230. The zero-order valence-electron chi connectivity index (χ0n) is 36.8. The lowest BCUT2D eigenvalue weighted by Crippen LogP contribution is -2.66. The molecular formula is C40H50F12O14S2. The summed E-state index contributed by atoms with van der Waals surface area (Å²) in [6, 6.07) is 0. The van der Waals surface area contributed by atoms with E-state index in [-0.39, 0.29) is 57.8 Å². The maximum Gasteiger partial charge on any atom is 0.438 e. The molecule has 0 amide bonds. The highest BCUT2D eigenvalue weighted by molar-refractivity contribution is 7.86. The van der Waals surface area contributed by atoms with E-state index in [1.165, 1.54) is 27.7 Å². The molecule has 5 unspecified atom stereocenters. The van der Waals surface area contributed by atoms with Gasteiger partial charge in [0, 0.05) is 12.8 Å². The van der Waals surface area contributed by atoms with Crippen LogP contribution in [0.4, 0.5) is 52.7 Å². The van der Waals surface area contributed by atoms with Crippen molar-refractivity contribution < 1.29 is 117 Å². The predicted octanol–water partition coefficient (Wildman–Crippen LogP) is 8.17. The Kier molecular flexibility index (Phi) is 12.9. The molecule has 68 heavy (non-hydrogen) atoms. The summed E-state index contributed by atoms with van der Waals surface area (Å²) in [5.74, 6) is -14.7. The number of carbonyl (C=O) groups is 4. The fourth-order valence-corrected chi connectivity index (χ4v) is 14.9. The van der Waals surface area contributed by atoms with Crippen LogP contribution in [0.2, 0.25) is 0 Å². The normalized spacial score (nSPS) is 32.9. The molecule has 0 aromatic rings. The van der Waals surface area contributed by atoms with Crippen LogP contribution in [0.1, 0.15) is 118 Å². The van der Waals surface area contributed by atoms with Crippen molar-refractivity contribution in [1.29, 1.82) is 0 Å². The molecule has 8 bridgehead atoms. The minimum atomic E-state index is -6.59. The standard InChI is InChI=1S/C40H50F12O14S2/c1-5-30(4,26(54)64-34-14-23-7-24(15-34)11-32(10-23,18-34)28(56)66-36(39(47,48)49,40(50,51)52)20-68(60,61)62)16-29(2,3)25(53)63-33-12-21-6-22(13-33)9-31(8-21,17-33)27(55)65-35(37(41,42)43,38(44,45)46)19-67(57,58)59/h21-24H,5-20H2,1-4H3,(H,57,58,59)(H,60,61,62). The Hall–Kier alpha value is -3.14. The number of carbonyl (C=O) groups excluding carboxylic acids is 4. The number of rotatable bonds is 15. The van der Waals surface area contributed by atoms with E-state index in [2.05, 4.69) is 9.47 Å². The van der Waals surface area contributed by atoms with Gasteiger partial charge in [0.25, 0.3) is 20.2 Å². The maximum atomic E-state index is 14.3. The number of hydrogen-bond acceptors (Lipinski definition) is 12. The first-order chi connectivity index (χ1) is 30.3. The van der Waals surface area contributed by atoms with Crippen LogP contribution < -0.4 is 0 Å². The molecule has 8 fully saturated rings. The molecule has 8 aliphatic carbocycles. The van der Waals surface area contributed by atoms with Crippen molar-refractivity contribution in [2.24, 2.45) is 45.3 Å². The summed E-state index contributed by atoms with van der Waals surface area (Å²) in [6.45, 7) is 5.57. The average molecular weight is 1050 g/mol. The molecule has 5 atom stereocenters. The van der Waals surface area contributed by atoms with E-state index < -0.39 is 167 Å². The number of alkyl halides is 12. The van der Waals surface area contributed by atoms with Gasteiger partial charge in [-0.2, -0.15) is 69.5 Å². The van der Waals surface area contributed by atoms with Gasteiger partial charge in [-0.25, -0.2) is 0 Å². The van der Waals surface area contributed by atoms with Gasteiger partial charge in [-0.05, 0) is 121 Å². The number of ether oxygens (including phenoxy) is 4. The highest BCUT2D eigenvalue weighted by Gasteiger charge is 2.79. The second-order valence-electron chi connectivity index (χ2n) is 21.5. The molecule has 8 saturated carbocycles. The summed E-state index contributed by atoms with van der Waals surface area (Å²) in [6.07, 6.45) is -28.6. The molecule has 28 heteroatoms. The highest BCUT2D eigenvalue weighted by Crippen LogP contribution is 2.66. The molecule has 0 aliphatic heterocycles. The van der Waals surface area contributed by atoms with Crippen molar-refractivity contribution in [3.8, 4) is 0 Å². The van der Waals surface area contributed by atoms with E-state index >= 15 is 0 Å². The monoisotopic (exact) mass is 1050 g/mol. The van der Waals surface area contributed by atoms with Gasteiger partial charge in [-0.3, -0.25) is 28.3 Å². The fourth-order valence-electron chi connectivity index (χ4n) is 13.1. The Morgan fingerprint density at radius 1 is 0.529 bits per heavy atom. The van der Waals surface area contributed by atoms with Gasteiger partial charge in [0.2, 0.25) is 0 Å². The minimum Gasteiger partial charge on any atom is -0.459 e. The van der Waals surface area contributed by atoms with E-state index in [4.69, 9.17) is 18.6 Å². The van der Waals surface area contributed by atoms with E-state index in [0.29, 0.717) is 12.8 Å². The molecule has 0 aromatic heterocycles. The van der Waals surface area contributed by atoms with Gasteiger partial charge in [0.15, 0.2) is 0 Å². The maximum absolute atomic E-state index is 14.3. The molecule has 8 aliphatic rings. The van der Waals surface area contributed by atoms with E-state index in [1.807, 2.05) is 0 Å². The predicted molar refractivity (Wildman–Crippen MR) is 203 cm³/mol. The minimum absolute atomic E-state index is 0.0139. The van der Waals surface area contributed by atoms with E-state index in [9.17, 15) is 88.7 Å². The molecule has 390 valence electrons. The van der Waals surface area contributed by atoms with Crippen molar-refractivity contribution in [2.75, 3.05) is 11.5 Å². The zero-order valence-corrected chi connectivity index (χ0v) is 38.4. The Morgan fingerprint density at radius 3 is 1.09 bits per heavy atom. The van der Waals surface area contributed by atoms with Gasteiger partial charge in [-0.15, -0.1) is 0 Å². The van der Waals surface area contributed by atoms with Crippen molar-refractivity contribution in [2.45, 2.75) is 165 Å². The van der Waals surface area contributed by atoms with Crippen LogP contribution in [0.5, 0.6) is 0 Å². The van der Waals surface area contributed by atoms with Crippen molar-refractivity contribution >= 4 is 44.1 Å². The highest BCUT2D eigenvalue weighted by atomic mass is 32.2. The van der Waals surface area contributed by atoms with Crippen LogP contribution in [-0.2, 0) is 58.4 Å². The van der Waals surface area contributed by atoms with Crippen LogP contribution in [0, 0.1) is 45.3 Å². The van der Waals surface area contributed by atoms with Crippen LogP contribution in [0.15, 0.2) is 0 Å². The largest absolute Gasteiger partial charge is 0.459 e. The third-order valence-corrected chi connectivity index (χ3v) is 16.8. The molecule has 8 rings (SSSR count). The smallest absolute Gasteiger partial charge is 0.438 e. The molecule has 0 spiro atoms. The summed E-state index contributed by atoms with van der Waals surface area (Å²) in [4.78, 5) is 55.9. The SMILES string of the molecule is CCC(C)(CC(C)(C)C(=O)OC12CC3CC(C1)CC(C(=O)OC(CS(=O)(=O)O)(C(F)(F)F)C(F)(F)F)(C3)C2)C(=O)OC12CC3CC(C1)CC(C(=O)OC(CS(=O)(=O)O)(C(F)(F)F)C(F)(F)F)(C3)C2. The number of halogens is 12. The first kappa shape index (κ1) is 54.2. The zero-order chi connectivity index (χ0) is 51.8. The van der Waals surface area contributed by atoms with Crippen molar-refractivity contribution in [3.63, 3.8) is 0 Å². The molecule has 0 heterocycles. The van der Waals surface area contributed by atoms with E-state index in [0.717, 1.165) is 0 Å². The van der Waals surface area contributed by atoms with Crippen LogP contribution in [0.25, 0.3) is 0 Å². The topological polar surface area (TPSA) is 214 Å². The van der Waals surface area contributed by atoms with Crippen LogP contribution in [-0.4, -0.2) is 108 Å². The second kappa shape index (κ2) is 16.2. The molecule has 0 aromatic carbocycles. The molecular weight excluding hydrogens is 997 g/mol. The quantitative estimate of drug-likeness (QED) is 0.0685. The van der Waals surface area contributed by atoms with Gasteiger partial charge in [-0.1, -0.05) is 6.92 Å². The third kappa shape index (κ3) is 9.65. The van der Waals surface area contributed by atoms with Crippen LogP contribution in [0.3, 0.4) is 0 Å². The lowest BCUT2D eigenvalue weighted by atomic mass is 9.47. The van der Waals surface area contributed by atoms with E-state index in [1.54, 1.807) is 0 Å². The number of esters is 4. The Balaban J connectivity index is 1.21. The molecule has 0 saturated heterocycles. The van der Waals surface area contributed by atoms with Crippen molar-refractivity contribution in [1.82, 2.24) is 0 Å². The Morgan fingerprint density at radius 2 is 0.824 bits per heavy atom. The first-order valence-electron chi connectivity index (χ1n) is 21.4. The lowest BCUT2D eigenvalue weighted by molar-refractivity contribution is -0.365. The first-order valence-corrected chi connectivity index (χ1v) is 24.7. The summed E-state index contributed by atoms with van der Waals surface area (Å²) in [5.41, 5.74) is -22.3. The van der Waals surface area contributed by atoms with Crippen LogP contribution >= 0.6 is 0 Å². The second-order valence-corrected chi connectivity index (χ2v) is 24.4. The summed E-state index contributed by atoms with van der Waals surface area (Å²) >= 11 is 0. The van der Waals surface area contributed by atoms with Gasteiger partial charge in [0.05, 0.1) is 21.7 Å². The lowest BCUT2D eigenvalue weighted by Gasteiger charge is -2.60. The third-order valence-electron chi connectivity index (χ3n) is 15.3. The summed E-state index contributed by atoms with van der Waals surface area (Å²) in [7, 11) is -12.2. The molecule has 2 N–H and O–H groups in total. The molecule has 14 nitrogen and oxygen atoms in total. The van der Waals surface area contributed by atoms with Gasteiger partial charge < -0.3 is 18.9 Å².